The molecule has 7 heteroatoms. The third-order valence-electron chi connectivity index (χ3n) is 3.61. The van der Waals surface area contributed by atoms with E-state index in [1.807, 2.05) is 36.4 Å². The van der Waals surface area contributed by atoms with Crippen molar-refractivity contribution in [3.63, 3.8) is 0 Å². The number of nitrogens with one attached hydrogen (secondary N) is 2. The lowest BCUT2D eigenvalue weighted by molar-refractivity contribution is 0.114. The van der Waals surface area contributed by atoms with Crippen molar-refractivity contribution in [2.75, 3.05) is 13.2 Å². The number of hydrazone groups is 1. The molecule has 0 saturated carbocycles. The Balaban J connectivity index is 1.49. The van der Waals surface area contributed by atoms with E-state index in [1.54, 1.807) is 6.21 Å². The molecule has 1 aliphatic rings. The molecule has 1 aliphatic heterocycles. The fourth-order valence-electron chi connectivity index (χ4n) is 2.43. The lowest BCUT2D eigenvalue weighted by Gasteiger charge is -2.11. The molecule has 0 radical (unpaired) electrons. The maximum atomic E-state index is 5.99. The molecule has 24 heavy (non-hydrogen) atoms. The van der Waals surface area contributed by atoms with Gasteiger partial charge in [-0.25, -0.2) is 0 Å². The predicted molar refractivity (Wildman–Crippen MR) is 99.5 cm³/mol. The molecule has 2 aromatic rings. The fraction of sp³-hybridized carbons (Fsp3) is 0.294. The normalized spacial score (nSPS) is 17.3. The average Bonchev–Trinajstić information content (AvgIpc) is 3.25. The van der Waals surface area contributed by atoms with Crippen molar-refractivity contribution >= 4 is 35.1 Å². The summed E-state index contributed by atoms with van der Waals surface area (Å²) in [6.07, 6.45) is 3.99. The minimum Gasteiger partial charge on any atom is -0.455 e. The second-order valence-corrected chi connectivity index (χ2v) is 6.27. The van der Waals surface area contributed by atoms with Crippen LogP contribution in [0.15, 0.2) is 45.9 Å². The monoisotopic (exact) mass is 363 g/mol. The van der Waals surface area contributed by atoms with Gasteiger partial charge in [-0.3, -0.25) is 5.43 Å². The molecule has 1 aromatic heterocycles. The fourth-order valence-corrected chi connectivity index (χ4v) is 2.75. The van der Waals surface area contributed by atoms with Crippen molar-refractivity contribution in [1.82, 2.24) is 10.7 Å². The second-order valence-electron chi connectivity index (χ2n) is 5.43. The van der Waals surface area contributed by atoms with Crippen LogP contribution in [0.5, 0.6) is 0 Å². The molecule has 0 bridgehead atoms. The van der Waals surface area contributed by atoms with Gasteiger partial charge in [0, 0.05) is 23.7 Å². The Labute approximate surface area is 151 Å². The number of rotatable bonds is 5. The summed E-state index contributed by atoms with van der Waals surface area (Å²) >= 11 is 11.2. The molecule has 2 heterocycles. The van der Waals surface area contributed by atoms with Gasteiger partial charge in [0.05, 0.1) is 12.3 Å². The molecule has 1 aromatic carbocycles. The summed E-state index contributed by atoms with van der Waals surface area (Å²) in [5.41, 5.74) is 3.69. The van der Waals surface area contributed by atoms with E-state index >= 15 is 0 Å². The molecule has 0 spiro atoms. The summed E-state index contributed by atoms with van der Waals surface area (Å²) in [4.78, 5) is 0. The second kappa shape index (κ2) is 8.28. The highest BCUT2D eigenvalue weighted by molar-refractivity contribution is 7.80. The highest BCUT2D eigenvalue weighted by Gasteiger charge is 2.15. The summed E-state index contributed by atoms with van der Waals surface area (Å²) in [6, 6.07) is 11.2. The van der Waals surface area contributed by atoms with Crippen LogP contribution in [0, 0.1) is 0 Å². The van der Waals surface area contributed by atoms with Crippen molar-refractivity contribution in [2.45, 2.75) is 18.9 Å². The van der Waals surface area contributed by atoms with E-state index in [0.29, 0.717) is 22.4 Å². The topological polar surface area (TPSA) is 58.8 Å². The molecule has 1 fully saturated rings. The minimum absolute atomic E-state index is 0.235. The van der Waals surface area contributed by atoms with Crippen molar-refractivity contribution in [1.29, 1.82) is 0 Å². The van der Waals surface area contributed by atoms with Crippen LogP contribution in [-0.2, 0) is 4.74 Å². The van der Waals surface area contributed by atoms with E-state index in [9.17, 15) is 0 Å². The van der Waals surface area contributed by atoms with E-state index in [2.05, 4.69) is 15.8 Å². The van der Waals surface area contributed by atoms with Gasteiger partial charge in [-0.2, -0.15) is 5.10 Å². The van der Waals surface area contributed by atoms with E-state index in [0.717, 1.165) is 30.8 Å². The lowest BCUT2D eigenvalue weighted by atomic mass is 10.2. The number of hydrogen-bond donors (Lipinski definition) is 2. The SMILES string of the molecule is S=C(NCC1CCCO1)N/N=C/c1ccc(-c2cccc(Cl)c2)o1. The first-order valence-electron chi connectivity index (χ1n) is 7.75. The third kappa shape index (κ3) is 4.80. The smallest absolute Gasteiger partial charge is 0.187 e. The molecular weight excluding hydrogens is 346 g/mol. The first-order valence-corrected chi connectivity index (χ1v) is 8.53. The van der Waals surface area contributed by atoms with Crippen LogP contribution in [0.1, 0.15) is 18.6 Å². The maximum Gasteiger partial charge on any atom is 0.187 e. The molecule has 3 rings (SSSR count). The van der Waals surface area contributed by atoms with Crippen molar-refractivity contribution in [3.8, 4) is 11.3 Å². The Hall–Kier alpha value is -1.89. The van der Waals surface area contributed by atoms with E-state index < -0.39 is 0 Å². The lowest BCUT2D eigenvalue weighted by Crippen LogP contribution is -2.37. The maximum absolute atomic E-state index is 5.99. The standard InChI is InChI=1S/C17H18ClN3O2S/c18-13-4-1-3-12(9-13)16-7-6-15(23-16)11-20-21-17(24)19-10-14-5-2-8-22-14/h1,3-4,6-7,9,11,14H,2,5,8,10H2,(H2,19,21,24)/b20-11+. The first-order chi connectivity index (χ1) is 11.7. The van der Waals surface area contributed by atoms with Gasteiger partial charge >= 0.3 is 0 Å². The number of nitrogens with zero attached hydrogens (tertiary/aromatic N) is 1. The number of thiocarbonyl (C=S) groups is 1. The van der Waals surface area contributed by atoms with Crippen molar-refractivity contribution in [2.24, 2.45) is 5.10 Å². The molecule has 1 atom stereocenters. The Morgan fingerprint density at radius 3 is 3.08 bits per heavy atom. The first kappa shape index (κ1) is 17.0. The van der Waals surface area contributed by atoms with Gasteiger partial charge in [0.25, 0.3) is 0 Å². The van der Waals surface area contributed by atoms with Gasteiger partial charge in [-0.05, 0) is 49.3 Å². The predicted octanol–water partition coefficient (Wildman–Crippen LogP) is 3.58. The highest BCUT2D eigenvalue weighted by Crippen LogP contribution is 2.24. The Bertz CT molecular complexity index is 726. The van der Waals surface area contributed by atoms with Crippen molar-refractivity contribution < 1.29 is 9.15 Å². The zero-order chi connectivity index (χ0) is 16.8. The molecule has 126 valence electrons. The summed E-state index contributed by atoms with van der Waals surface area (Å²) < 4.78 is 11.2. The van der Waals surface area contributed by atoms with Gasteiger partial charge < -0.3 is 14.5 Å². The molecule has 5 nitrogen and oxygen atoms in total. The Morgan fingerprint density at radius 1 is 1.38 bits per heavy atom. The zero-order valence-electron chi connectivity index (χ0n) is 13.0. The van der Waals surface area contributed by atoms with Gasteiger partial charge in [-0.1, -0.05) is 23.7 Å². The molecule has 2 N–H and O–H groups in total. The van der Waals surface area contributed by atoms with Gasteiger partial charge in [0.2, 0.25) is 0 Å². The highest BCUT2D eigenvalue weighted by atomic mass is 35.5. The van der Waals surface area contributed by atoms with Crippen LogP contribution < -0.4 is 10.7 Å². The minimum atomic E-state index is 0.235. The van der Waals surface area contributed by atoms with Crippen LogP contribution >= 0.6 is 23.8 Å². The number of furan rings is 1. The molecule has 0 amide bonds. The molecular formula is C17H18ClN3O2S. The van der Waals surface area contributed by atoms with Crippen LogP contribution in [-0.4, -0.2) is 30.6 Å². The summed E-state index contributed by atoms with van der Waals surface area (Å²) in [6.45, 7) is 1.53. The van der Waals surface area contributed by atoms with Crippen LogP contribution in [0.3, 0.4) is 0 Å². The zero-order valence-corrected chi connectivity index (χ0v) is 14.6. The summed E-state index contributed by atoms with van der Waals surface area (Å²) in [7, 11) is 0. The van der Waals surface area contributed by atoms with Crippen LogP contribution in [0.2, 0.25) is 5.02 Å². The van der Waals surface area contributed by atoms with E-state index in [-0.39, 0.29) is 6.10 Å². The summed E-state index contributed by atoms with van der Waals surface area (Å²) in [5, 5.41) is 8.29. The average molecular weight is 364 g/mol. The number of hydrogen-bond acceptors (Lipinski definition) is 4. The number of ether oxygens (including phenoxy) is 1. The Morgan fingerprint density at radius 2 is 2.29 bits per heavy atom. The third-order valence-corrected chi connectivity index (χ3v) is 4.08. The largest absolute Gasteiger partial charge is 0.455 e. The van der Waals surface area contributed by atoms with Gasteiger partial charge in [0.1, 0.15) is 11.5 Å². The van der Waals surface area contributed by atoms with Gasteiger partial charge in [-0.15, -0.1) is 0 Å². The van der Waals surface area contributed by atoms with Gasteiger partial charge in [0.15, 0.2) is 5.11 Å². The van der Waals surface area contributed by atoms with E-state index in [4.69, 9.17) is 33.0 Å². The Kier molecular flexibility index (Phi) is 5.85. The van der Waals surface area contributed by atoms with Crippen LogP contribution in [0.25, 0.3) is 11.3 Å². The molecule has 0 aliphatic carbocycles. The summed E-state index contributed by atoms with van der Waals surface area (Å²) in [5.74, 6) is 1.36. The number of halogens is 1. The van der Waals surface area contributed by atoms with Crippen LogP contribution in [0.4, 0.5) is 0 Å². The molecule has 1 unspecified atom stereocenters. The molecule has 1 saturated heterocycles. The van der Waals surface area contributed by atoms with Crippen molar-refractivity contribution in [3.05, 3.63) is 47.2 Å². The van der Waals surface area contributed by atoms with E-state index in [1.165, 1.54) is 0 Å². The number of benzene rings is 1. The quantitative estimate of drug-likeness (QED) is 0.483.